The van der Waals surface area contributed by atoms with Crippen LogP contribution in [0.25, 0.3) is 5.69 Å². The number of nitrogens with two attached hydrogens (primary N) is 1. The van der Waals surface area contributed by atoms with E-state index in [1.807, 2.05) is 0 Å². The molecule has 14 heteroatoms. The van der Waals surface area contributed by atoms with Gasteiger partial charge in [-0.2, -0.15) is 5.10 Å². The van der Waals surface area contributed by atoms with Gasteiger partial charge in [-0.15, -0.1) is 0 Å². The predicted molar refractivity (Wildman–Crippen MR) is 132 cm³/mol. The Hall–Kier alpha value is -4.62. The SMILES string of the molecule is CCOC(=O)N1CCN(C(=O)C(CCC(=O)O)NC(=O)c2cc(OCC(N)=O)n(-c3ccccc3)n2)CC1. The van der Waals surface area contributed by atoms with E-state index in [0.29, 0.717) is 5.69 Å². The van der Waals surface area contributed by atoms with Gasteiger partial charge in [0.2, 0.25) is 11.8 Å². The Labute approximate surface area is 218 Å². The third kappa shape index (κ3) is 7.44. The number of nitrogens with zero attached hydrogens (tertiary/aromatic N) is 4. The Balaban J connectivity index is 1.76. The van der Waals surface area contributed by atoms with E-state index in [-0.39, 0.29) is 57.2 Å². The fraction of sp³-hybridized carbons (Fsp3) is 0.417. The van der Waals surface area contributed by atoms with Crippen LogP contribution in [0.3, 0.4) is 0 Å². The van der Waals surface area contributed by atoms with Crippen LogP contribution in [-0.4, -0.2) is 99.9 Å². The highest BCUT2D eigenvalue weighted by atomic mass is 16.6. The number of aromatic nitrogens is 2. The summed E-state index contributed by atoms with van der Waals surface area (Å²) in [5.41, 5.74) is 5.60. The molecule has 14 nitrogen and oxygen atoms in total. The van der Waals surface area contributed by atoms with Gasteiger partial charge < -0.3 is 35.4 Å². The van der Waals surface area contributed by atoms with Crippen LogP contribution in [0.2, 0.25) is 0 Å². The maximum Gasteiger partial charge on any atom is 0.409 e. The molecule has 1 unspecified atom stereocenters. The number of hydrogen-bond acceptors (Lipinski definition) is 8. The van der Waals surface area contributed by atoms with Crippen LogP contribution < -0.4 is 15.8 Å². The molecule has 1 aliphatic heterocycles. The Kier molecular flexibility index (Phi) is 9.62. The number of rotatable bonds is 11. The van der Waals surface area contributed by atoms with Gasteiger partial charge in [0.15, 0.2) is 12.3 Å². The molecule has 0 bridgehead atoms. The number of carboxylic acid groups (broad SMARTS) is 1. The fourth-order valence-corrected chi connectivity index (χ4v) is 3.78. The van der Waals surface area contributed by atoms with Crippen LogP contribution in [0, 0.1) is 0 Å². The molecule has 2 heterocycles. The van der Waals surface area contributed by atoms with Crippen molar-refractivity contribution in [3.8, 4) is 11.6 Å². The number of ether oxygens (including phenoxy) is 2. The molecule has 38 heavy (non-hydrogen) atoms. The number of benzene rings is 1. The van der Waals surface area contributed by atoms with E-state index in [0.717, 1.165) is 0 Å². The van der Waals surface area contributed by atoms with Crippen molar-refractivity contribution in [2.24, 2.45) is 5.73 Å². The smallest absolute Gasteiger partial charge is 0.409 e. The van der Waals surface area contributed by atoms with Crippen molar-refractivity contribution in [3.05, 3.63) is 42.1 Å². The molecule has 1 aromatic carbocycles. The maximum absolute atomic E-state index is 13.2. The van der Waals surface area contributed by atoms with Gasteiger partial charge in [-0.25, -0.2) is 9.48 Å². The van der Waals surface area contributed by atoms with E-state index in [4.69, 9.17) is 20.3 Å². The summed E-state index contributed by atoms with van der Waals surface area (Å²) in [6.07, 6.45) is -0.980. The molecule has 0 saturated carbocycles. The molecule has 0 spiro atoms. The molecular formula is C24H30N6O8. The average Bonchev–Trinajstić information content (AvgIpc) is 3.34. The normalized spacial score (nSPS) is 13.9. The molecule has 2 aromatic rings. The number of carbonyl (C=O) groups is 5. The lowest BCUT2D eigenvalue weighted by Gasteiger charge is -2.35. The first kappa shape index (κ1) is 28.0. The van der Waals surface area contributed by atoms with E-state index in [1.54, 1.807) is 37.3 Å². The van der Waals surface area contributed by atoms with Crippen LogP contribution in [0.5, 0.6) is 5.88 Å². The van der Waals surface area contributed by atoms with Gasteiger partial charge >= 0.3 is 12.1 Å². The summed E-state index contributed by atoms with van der Waals surface area (Å²) >= 11 is 0. The van der Waals surface area contributed by atoms with Gasteiger partial charge in [0.05, 0.1) is 12.3 Å². The molecule has 4 amide bonds. The second-order valence-corrected chi connectivity index (χ2v) is 8.34. The highest BCUT2D eigenvalue weighted by molar-refractivity contribution is 5.96. The topological polar surface area (TPSA) is 186 Å². The molecule has 0 aliphatic carbocycles. The molecule has 1 fully saturated rings. The van der Waals surface area contributed by atoms with Crippen LogP contribution in [0.1, 0.15) is 30.3 Å². The number of primary amides is 1. The van der Waals surface area contributed by atoms with E-state index in [9.17, 15) is 24.0 Å². The first-order chi connectivity index (χ1) is 18.2. The summed E-state index contributed by atoms with van der Waals surface area (Å²) in [5, 5.41) is 16.0. The summed E-state index contributed by atoms with van der Waals surface area (Å²) in [7, 11) is 0. The van der Waals surface area contributed by atoms with Crippen molar-refractivity contribution in [2.45, 2.75) is 25.8 Å². The quantitative estimate of drug-likeness (QED) is 0.359. The van der Waals surface area contributed by atoms with E-state index in [1.165, 1.54) is 20.5 Å². The standard InChI is InChI=1S/C24H30N6O8/c1-2-37-24(36)29-12-10-28(11-13-29)23(35)17(8-9-21(32)33)26-22(34)18-14-20(38-15-19(25)31)30(27-18)16-6-4-3-5-7-16/h3-7,14,17H,2,8-13,15H2,1H3,(H2,25,31)(H,26,34)(H,32,33). The number of carboxylic acids is 1. The maximum atomic E-state index is 13.2. The number of amides is 4. The highest BCUT2D eigenvalue weighted by Crippen LogP contribution is 2.20. The third-order valence-corrected chi connectivity index (χ3v) is 5.64. The number of hydrogen-bond donors (Lipinski definition) is 3. The van der Waals surface area contributed by atoms with Crippen LogP contribution in [0.4, 0.5) is 4.79 Å². The summed E-state index contributed by atoms with van der Waals surface area (Å²) in [5.74, 6) is -2.99. The Morgan fingerprint density at radius 2 is 1.74 bits per heavy atom. The molecule has 4 N–H and O–H groups in total. The van der Waals surface area contributed by atoms with Gasteiger partial charge in [0.25, 0.3) is 11.8 Å². The van der Waals surface area contributed by atoms with Crippen molar-refractivity contribution >= 4 is 29.8 Å². The van der Waals surface area contributed by atoms with Crippen LogP contribution >= 0.6 is 0 Å². The molecule has 1 atom stereocenters. The second-order valence-electron chi connectivity index (χ2n) is 8.34. The molecule has 1 aliphatic rings. The Bertz CT molecular complexity index is 1160. The minimum absolute atomic E-state index is 0.0728. The van der Waals surface area contributed by atoms with Crippen molar-refractivity contribution in [1.29, 1.82) is 0 Å². The Morgan fingerprint density at radius 3 is 2.34 bits per heavy atom. The zero-order valence-electron chi connectivity index (χ0n) is 20.9. The Morgan fingerprint density at radius 1 is 1.08 bits per heavy atom. The molecule has 1 saturated heterocycles. The number of carbonyl (C=O) groups excluding carboxylic acids is 4. The van der Waals surface area contributed by atoms with Crippen molar-refractivity contribution in [1.82, 2.24) is 24.9 Å². The first-order valence-electron chi connectivity index (χ1n) is 12.0. The lowest BCUT2D eigenvalue weighted by Crippen LogP contribution is -2.56. The minimum atomic E-state index is -1.15. The van der Waals surface area contributed by atoms with E-state index < -0.39 is 42.4 Å². The number of aliphatic carboxylic acids is 1. The van der Waals surface area contributed by atoms with Crippen LogP contribution in [-0.2, 0) is 19.1 Å². The fourth-order valence-electron chi connectivity index (χ4n) is 3.78. The molecule has 0 radical (unpaired) electrons. The number of nitrogens with one attached hydrogen (secondary N) is 1. The van der Waals surface area contributed by atoms with Crippen LogP contribution in [0.15, 0.2) is 36.4 Å². The van der Waals surface area contributed by atoms with Gasteiger partial charge in [-0.3, -0.25) is 19.2 Å². The van der Waals surface area contributed by atoms with Gasteiger partial charge in [-0.1, -0.05) is 18.2 Å². The minimum Gasteiger partial charge on any atom is -0.481 e. The summed E-state index contributed by atoms with van der Waals surface area (Å²) in [6, 6.07) is 8.85. The summed E-state index contributed by atoms with van der Waals surface area (Å²) < 4.78 is 11.7. The van der Waals surface area contributed by atoms with Gasteiger partial charge in [-0.05, 0) is 25.5 Å². The summed E-state index contributed by atoms with van der Waals surface area (Å²) in [6.45, 7) is 2.37. The zero-order valence-corrected chi connectivity index (χ0v) is 20.9. The van der Waals surface area contributed by atoms with E-state index in [2.05, 4.69) is 10.4 Å². The number of piperazine rings is 1. The third-order valence-electron chi connectivity index (χ3n) is 5.64. The molecule has 204 valence electrons. The first-order valence-corrected chi connectivity index (χ1v) is 12.0. The van der Waals surface area contributed by atoms with E-state index >= 15 is 0 Å². The zero-order chi connectivity index (χ0) is 27.7. The second kappa shape index (κ2) is 13.1. The monoisotopic (exact) mass is 530 g/mol. The largest absolute Gasteiger partial charge is 0.481 e. The lowest BCUT2D eigenvalue weighted by molar-refractivity contribution is -0.138. The summed E-state index contributed by atoms with van der Waals surface area (Å²) in [4.78, 5) is 63.6. The van der Waals surface area contributed by atoms with Crippen molar-refractivity contribution < 1.29 is 38.6 Å². The van der Waals surface area contributed by atoms with Crippen molar-refractivity contribution in [3.63, 3.8) is 0 Å². The van der Waals surface area contributed by atoms with Gasteiger partial charge in [0, 0.05) is 38.7 Å². The van der Waals surface area contributed by atoms with Gasteiger partial charge in [0.1, 0.15) is 6.04 Å². The number of para-hydroxylation sites is 1. The highest BCUT2D eigenvalue weighted by Gasteiger charge is 2.31. The predicted octanol–water partition coefficient (Wildman–Crippen LogP) is 0.000300. The molecule has 3 rings (SSSR count). The average molecular weight is 531 g/mol. The lowest BCUT2D eigenvalue weighted by atomic mass is 10.1. The van der Waals surface area contributed by atoms with Crippen molar-refractivity contribution in [2.75, 3.05) is 39.4 Å². The molecule has 1 aromatic heterocycles. The molecular weight excluding hydrogens is 500 g/mol.